The number of carbonyl (C=O) groups is 3. The Morgan fingerprint density at radius 2 is 1.86 bits per heavy atom. The van der Waals surface area contributed by atoms with Crippen LogP contribution in [0, 0.1) is 0 Å². The van der Waals surface area contributed by atoms with Crippen molar-refractivity contribution < 1.29 is 32.3 Å². The molecule has 0 saturated carbocycles. The van der Waals surface area contributed by atoms with Gasteiger partial charge >= 0.3 is 18.1 Å². The van der Waals surface area contributed by atoms with Crippen molar-refractivity contribution in [3.8, 4) is 0 Å². The fourth-order valence-electron chi connectivity index (χ4n) is 3.96. The van der Waals surface area contributed by atoms with Crippen LogP contribution in [0.2, 0.25) is 0 Å². The van der Waals surface area contributed by atoms with Gasteiger partial charge in [0, 0.05) is 4.75 Å². The number of carbonyl (C=O) groups excluding carboxylic acids is 3. The molecule has 3 rings (SSSR count). The summed E-state index contributed by atoms with van der Waals surface area (Å²) in [5.74, 6) is -3.50. The lowest BCUT2D eigenvalue weighted by Gasteiger charge is -2.50. The first kappa shape index (κ1) is 21.5. The van der Waals surface area contributed by atoms with Crippen LogP contribution in [0.25, 0.3) is 0 Å². The SMILES string of the molecule is CC[C@@]1(C(=O)OCc2ccccc2)N2C(=O)[C@H](NC(=O)C(F)(F)F)[C@H]2SC1(C)C. The van der Waals surface area contributed by atoms with Gasteiger partial charge in [-0.2, -0.15) is 13.2 Å². The molecule has 2 amide bonds. The standard InChI is InChI=1S/C19H21F3N2O4S/c1-4-18(16(27)28-10-11-8-6-5-7-9-11)17(2,3)29-14-12(13(25)24(14)18)23-15(26)19(20,21)22/h5-9,12,14H,4,10H2,1-3H3,(H,23,26)/t12-,14+,18-/m0/s1. The zero-order chi connectivity index (χ0) is 21.6. The van der Waals surface area contributed by atoms with E-state index in [2.05, 4.69) is 0 Å². The Morgan fingerprint density at radius 1 is 1.24 bits per heavy atom. The number of amides is 2. The number of thioether (sulfide) groups is 1. The third-order valence-electron chi connectivity index (χ3n) is 5.47. The Bertz CT molecular complexity index is 830. The largest absolute Gasteiger partial charge is 0.471 e. The Labute approximate surface area is 170 Å². The summed E-state index contributed by atoms with van der Waals surface area (Å²) < 4.78 is 42.4. The van der Waals surface area contributed by atoms with Crippen LogP contribution in [0.1, 0.15) is 32.8 Å². The number of nitrogens with zero attached hydrogens (tertiary/aromatic N) is 1. The predicted molar refractivity (Wildman–Crippen MR) is 99.5 cm³/mol. The minimum absolute atomic E-state index is 0.0170. The third kappa shape index (κ3) is 3.37. The van der Waals surface area contributed by atoms with E-state index in [1.807, 2.05) is 6.07 Å². The number of esters is 1. The summed E-state index contributed by atoms with van der Waals surface area (Å²) >= 11 is 1.19. The zero-order valence-electron chi connectivity index (χ0n) is 16.1. The molecule has 0 spiro atoms. The van der Waals surface area contributed by atoms with Crippen LogP contribution < -0.4 is 5.32 Å². The molecule has 10 heteroatoms. The van der Waals surface area contributed by atoms with Crippen molar-refractivity contribution in [3.63, 3.8) is 0 Å². The van der Waals surface area contributed by atoms with Crippen molar-refractivity contribution in [2.75, 3.05) is 0 Å². The molecular formula is C19H21F3N2O4S. The lowest BCUT2D eigenvalue weighted by molar-refractivity contribution is -0.183. The van der Waals surface area contributed by atoms with Gasteiger partial charge in [0.2, 0.25) is 5.91 Å². The number of halogens is 3. The molecule has 0 bridgehead atoms. The minimum atomic E-state index is -5.09. The van der Waals surface area contributed by atoms with Gasteiger partial charge < -0.3 is 15.0 Å². The highest BCUT2D eigenvalue weighted by molar-refractivity contribution is 8.01. The van der Waals surface area contributed by atoms with Gasteiger partial charge in [0.05, 0.1) is 0 Å². The van der Waals surface area contributed by atoms with E-state index in [-0.39, 0.29) is 13.0 Å². The maximum Gasteiger partial charge on any atom is 0.471 e. The van der Waals surface area contributed by atoms with Crippen LogP contribution in [-0.4, -0.2) is 50.6 Å². The molecule has 1 aromatic carbocycles. The van der Waals surface area contributed by atoms with Gasteiger partial charge in [-0.3, -0.25) is 9.59 Å². The number of rotatable bonds is 5. The molecule has 2 heterocycles. The molecule has 2 aliphatic rings. The van der Waals surface area contributed by atoms with E-state index < -0.39 is 45.7 Å². The molecule has 2 aliphatic heterocycles. The molecule has 3 atom stereocenters. The molecule has 0 aliphatic carbocycles. The third-order valence-corrected chi connectivity index (χ3v) is 7.12. The molecule has 158 valence electrons. The summed E-state index contributed by atoms with van der Waals surface area (Å²) in [6.07, 6.45) is -4.86. The van der Waals surface area contributed by atoms with E-state index in [4.69, 9.17) is 4.74 Å². The number of nitrogens with one attached hydrogen (secondary N) is 1. The molecule has 1 aromatic rings. The molecule has 1 N–H and O–H groups in total. The molecule has 6 nitrogen and oxygen atoms in total. The van der Waals surface area contributed by atoms with Crippen molar-refractivity contribution >= 4 is 29.5 Å². The number of hydrogen-bond acceptors (Lipinski definition) is 5. The highest BCUT2D eigenvalue weighted by Crippen LogP contribution is 2.58. The van der Waals surface area contributed by atoms with Crippen LogP contribution in [0.5, 0.6) is 0 Å². The average molecular weight is 430 g/mol. The molecule has 2 saturated heterocycles. The fraction of sp³-hybridized carbons (Fsp3) is 0.526. The predicted octanol–water partition coefficient (Wildman–Crippen LogP) is 2.62. The summed E-state index contributed by atoms with van der Waals surface area (Å²) in [5.41, 5.74) is -0.564. The first-order valence-electron chi connectivity index (χ1n) is 9.05. The molecule has 0 radical (unpaired) electrons. The second-order valence-corrected chi connectivity index (χ2v) is 9.19. The van der Waals surface area contributed by atoms with E-state index in [1.54, 1.807) is 50.4 Å². The van der Waals surface area contributed by atoms with Gasteiger partial charge in [-0.05, 0) is 25.8 Å². The Kier molecular flexibility index (Phi) is 5.35. The molecule has 0 unspecified atom stereocenters. The highest BCUT2D eigenvalue weighted by atomic mass is 32.2. The summed E-state index contributed by atoms with van der Waals surface area (Å²) in [4.78, 5) is 38.3. The summed E-state index contributed by atoms with van der Waals surface area (Å²) in [7, 11) is 0. The van der Waals surface area contributed by atoms with Crippen molar-refractivity contribution in [2.24, 2.45) is 0 Å². The van der Waals surface area contributed by atoms with Crippen LogP contribution in [-0.2, 0) is 25.7 Å². The number of benzene rings is 1. The van der Waals surface area contributed by atoms with Crippen LogP contribution in [0.4, 0.5) is 13.2 Å². The average Bonchev–Trinajstić information content (AvgIpc) is 2.88. The van der Waals surface area contributed by atoms with E-state index in [0.29, 0.717) is 0 Å². The van der Waals surface area contributed by atoms with Crippen LogP contribution in [0.3, 0.4) is 0 Å². The van der Waals surface area contributed by atoms with Gasteiger partial charge in [-0.15, -0.1) is 11.8 Å². The topological polar surface area (TPSA) is 75.7 Å². The Balaban J connectivity index is 1.81. The molecule has 0 aromatic heterocycles. The van der Waals surface area contributed by atoms with Gasteiger partial charge in [0.25, 0.3) is 0 Å². The Hall–Kier alpha value is -2.23. The van der Waals surface area contributed by atoms with E-state index >= 15 is 0 Å². The molecule has 29 heavy (non-hydrogen) atoms. The van der Waals surface area contributed by atoms with Crippen molar-refractivity contribution in [1.29, 1.82) is 0 Å². The van der Waals surface area contributed by atoms with Crippen molar-refractivity contribution in [2.45, 2.75) is 61.7 Å². The normalized spacial score (nSPS) is 27.8. The number of fused-ring (bicyclic) bond motifs is 1. The van der Waals surface area contributed by atoms with Crippen molar-refractivity contribution in [3.05, 3.63) is 35.9 Å². The lowest BCUT2D eigenvalue weighted by atomic mass is 9.78. The highest BCUT2D eigenvalue weighted by Gasteiger charge is 2.72. The van der Waals surface area contributed by atoms with Gasteiger partial charge in [-0.1, -0.05) is 37.3 Å². The first-order chi connectivity index (χ1) is 13.5. The van der Waals surface area contributed by atoms with Crippen LogP contribution >= 0.6 is 11.8 Å². The number of β-lactam (4-membered cyclic amide) rings is 1. The fourth-order valence-corrected chi connectivity index (χ4v) is 5.80. The van der Waals surface area contributed by atoms with Gasteiger partial charge in [0.15, 0.2) is 5.54 Å². The zero-order valence-corrected chi connectivity index (χ0v) is 16.9. The summed E-state index contributed by atoms with van der Waals surface area (Å²) in [5, 5.41) is 0.975. The number of hydrogen-bond donors (Lipinski definition) is 1. The van der Waals surface area contributed by atoms with Crippen LogP contribution in [0.15, 0.2) is 30.3 Å². The number of alkyl halides is 3. The van der Waals surface area contributed by atoms with E-state index in [0.717, 1.165) is 5.56 Å². The number of ether oxygens (including phenoxy) is 1. The first-order valence-corrected chi connectivity index (χ1v) is 9.93. The van der Waals surface area contributed by atoms with Crippen molar-refractivity contribution in [1.82, 2.24) is 10.2 Å². The van der Waals surface area contributed by atoms with Gasteiger partial charge in [0.1, 0.15) is 18.0 Å². The second kappa shape index (κ2) is 7.23. The summed E-state index contributed by atoms with van der Waals surface area (Å²) in [6.45, 7) is 5.24. The van der Waals surface area contributed by atoms with E-state index in [9.17, 15) is 27.6 Å². The Morgan fingerprint density at radius 3 is 2.41 bits per heavy atom. The quantitative estimate of drug-likeness (QED) is 0.574. The van der Waals surface area contributed by atoms with Gasteiger partial charge in [-0.25, -0.2) is 4.79 Å². The lowest BCUT2D eigenvalue weighted by Crippen LogP contribution is -2.76. The van der Waals surface area contributed by atoms with E-state index in [1.165, 1.54) is 16.7 Å². The smallest absolute Gasteiger partial charge is 0.459 e. The summed E-state index contributed by atoms with van der Waals surface area (Å²) in [6, 6.07) is 7.69. The molecule has 2 fully saturated rings. The molecular weight excluding hydrogens is 409 g/mol. The maximum atomic E-state index is 13.1. The minimum Gasteiger partial charge on any atom is -0.459 e. The monoisotopic (exact) mass is 430 g/mol. The second-order valence-electron chi connectivity index (χ2n) is 7.45. The maximum absolute atomic E-state index is 13.1.